The minimum atomic E-state index is -0.887. The first-order valence-corrected chi connectivity index (χ1v) is 7.11. The molecule has 2 N–H and O–H groups in total. The summed E-state index contributed by atoms with van der Waals surface area (Å²) in [6, 6.07) is 7.30. The zero-order valence-corrected chi connectivity index (χ0v) is 12.9. The molecule has 0 fully saturated rings. The summed E-state index contributed by atoms with van der Waals surface area (Å²) in [7, 11) is 0. The van der Waals surface area contributed by atoms with Crippen molar-refractivity contribution in [3.05, 3.63) is 40.9 Å². The van der Waals surface area contributed by atoms with E-state index >= 15 is 0 Å². The van der Waals surface area contributed by atoms with Gasteiger partial charge in [-0.05, 0) is 37.0 Å². The van der Waals surface area contributed by atoms with Gasteiger partial charge in [-0.25, -0.2) is 0 Å². The number of carbonyl (C=O) groups is 1. The van der Waals surface area contributed by atoms with Crippen molar-refractivity contribution < 1.29 is 9.90 Å². The first kappa shape index (κ1) is 16.7. The first-order chi connectivity index (χ1) is 9.30. The number of carbonyl (C=O) groups excluding carboxylic acids is 1. The quantitative estimate of drug-likeness (QED) is 0.791. The Kier molecular flexibility index (Phi) is 6.24. The third-order valence-corrected chi connectivity index (χ3v) is 3.16. The number of halogens is 1. The number of hydrogen-bond donors (Lipinski definition) is 2. The molecule has 0 aliphatic carbocycles. The molecule has 1 aromatic carbocycles. The van der Waals surface area contributed by atoms with Crippen LogP contribution in [-0.2, 0) is 4.79 Å². The number of rotatable bonds is 6. The molecule has 0 aliphatic rings. The van der Waals surface area contributed by atoms with Gasteiger partial charge in [0.1, 0.15) is 0 Å². The average molecular weight is 296 g/mol. The highest BCUT2D eigenvalue weighted by Crippen LogP contribution is 2.16. The average Bonchev–Trinajstić information content (AvgIpc) is 2.34. The maximum atomic E-state index is 11.7. The van der Waals surface area contributed by atoms with E-state index in [0.717, 1.165) is 5.56 Å². The lowest BCUT2D eigenvalue weighted by atomic mass is 9.94. The van der Waals surface area contributed by atoms with Gasteiger partial charge in [0.05, 0.1) is 5.60 Å². The van der Waals surface area contributed by atoms with E-state index in [0.29, 0.717) is 17.4 Å². The summed E-state index contributed by atoms with van der Waals surface area (Å²) < 4.78 is 0. The van der Waals surface area contributed by atoms with Crippen molar-refractivity contribution in [3.8, 4) is 0 Å². The summed E-state index contributed by atoms with van der Waals surface area (Å²) in [4.78, 5) is 11.7. The molecule has 1 rings (SSSR count). The van der Waals surface area contributed by atoms with Gasteiger partial charge in [0.15, 0.2) is 0 Å². The fraction of sp³-hybridized carbons (Fsp3) is 0.438. The molecule has 1 unspecified atom stereocenters. The lowest BCUT2D eigenvalue weighted by Crippen LogP contribution is -2.40. The lowest BCUT2D eigenvalue weighted by molar-refractivity contribution is -0.117. The number of benzene rings is 1. The van der Waals surface area contributed by atoms with Gasteiger partial charge >= 0.3 is 0 Å². The molecule has 1 atom stereocenters. The number of nitrogens with one attached hydrogen (secondary N) is 1. The van der Waals surface area contributed by atoms with Crippen molar-refractivity contribution >= 4 is 23.6 Å². The highest BCUT2D eigenvalue weighted by atomic mass is 35.5. The Bertz CT molecular complexity index is 481. The molecule has 1 aromatic rings. The van der Waals surface area contributed by atoms with Gasteiger partial charge in [-0.15, -0.1) is 0 Å². The Hall–Kier alpha value is -1.32. The normalized spacial score (nSPS) is 14.5. The molecular formula is C16H22ClNO2. The van der Waals surface area contributed by atoms with Crippen LogP contribution < -0.4 is 5.32 Å². The summed E-state index contributed by atoms with van der Waals surface area (Å²) in [6.45, 7) is 6.03. The number of aliphatic hydroxyl groups is 1. The third-order valence-electron chi connectivity index (χ3n) is 2.81. The van der Waals surface area contributed by atoms with E-state index < -0.39 is 5.60 Å². The molecule has 4 heteroatoms. The van der Waals surface area contributed by atoms with E-state index in [2.05, 4.69) is 5.32 Å². The molecule has 110 valence electrons. The topological polar surface area (TPSA) is 49.3 Å². The van der Waals surface area contributed by atoms with Crippen LogP contribution in [0.5, 0.6) is 0 Å². The van der Waals surface area contributed by atoms with E-state index in [1.807, 2.05) is 32.0 Å². The highest BCUT2D eigenvalue weighted by molar-refractivity contribution is 6.32. The minimum absolute atomic E-state index is 0.233. The van der Waals surface area contributed by atoms with E-state index in [9.17, 15) is 9.90 Å². The number of amides is 1. The molecule has 0 radical (unpaired) electrons. The van der Waals surface area contributed by atoms with Crippen LogP contribution in [0.25, 0.3) is 6.08 Å². The van der Waals surface area contributed by atoms with E-state index in [1.165, 1.54) is 6.08 Å². The zero-order chi connectivity index (χ0) is 15.2. The Labute approximate surface area is 125 Å². The van der Waals surface area contributed by atoms with Crippen LogP contribution in [-0.4, -0.2) is 23.2 Å². The van der Waals surface area contributed by atoms with Gasteiger partial charge in [-0.2, -0.15) is 0 Å². The second-order valence-corrected chi connectivity index (χ2v) is 6.07. The molecule has 0 spiro atoms. The van der Waals surface area contributed by atoms with Crippen molar-refractivity contribution in [2.45, 2.75) is 32.8 Å². The Balaban J connectivity index is 2.50. The summed E-state index contributed by atoms with van der Waals surface area (Å²) in [5.41, 5.74) is -0.0968. The molecule has 0 aromatic heterocycles. The molecule has 0 saturated carbocycles. The van der Waals surface area contributed by atoms with Crippen LogP contribution in [0, 0.1) is 5.92 Å². The third kappa shape index (κ3) is 6.22. The molecule has 0 aliphatic heterocycles. The van der Waals surface area contributed by atoms with E-state index in [-0.39, 0.29) is 12.5 Å². The Morgan fingerprint density at radius 2 is 2.10 bits per heavy atom. The van der Waals surface area contributed by atoms with Gasteiger partial charge < -0.3 is 10.4 Å². The van der Waals surface area contributed by atoms with E-state index in [1.54, 1.807) is 19.1 Å². The standard InChI is InChI=1S/C16H22ClNO2/c1-12(2)10-16(3,20)11-18-15(19)9-8-13-6-4-5-7-14(13)17/h4-9,12,20H,10-11H2,1-3H3,(H,18,19). The number of hydrogen-bond acceptors (Lipinski definition) is 2. The fourth-order valence-corrected chi connectivity index (χ4v) is 2.26. The summed E-state index contributed by atoms with van der Waals surface area (Å²) in [5.74, 6) is 0.134. The maximum Gasteiger partial charge on any atom is 0.244 e. The Morgan fingerprint density at radius 3 is 2.70 bits per heavy atom. The zero-order valence-electron chi connectivity index (χ0n) is 12.2. The highest BCUT2D eigenvalue weighted by Gasteiger charge is 2.21. The van der Waals surface area contributed by atoms with Crippen molar-refractivity contribution in [1.82, 2.24) is 5.32 Å². The van der Waals surface area contributed by atoms with Crippen molar-refractivity contribution in [2.24, 2.45) is 5.92 Å². The van der Waals surface area contributed by atoms with Gasteiger partial charge in [0, 0.05) is 17.6 Å². The molecule has 1 amide bonds. The molecule has 0 bridgehead atoms. The fourth-order valence-electron chi connectivity index (χ4n) is 2.06. The van der Waals surface area contributed by atoms with Gasteiger partial charge in [0.25, 0.3) is 0 Å². The van der Waals surface area contributed by atoms with Crippen LogP contribution >= 0.6 is 11.6 Å². The molecule has 0 heterocycles. The minimum Gasteiger partial charge on any atom is -0.388 e. The SMILES string of the molecule is CC(C)CC(C)(O)CNC(=O)C=Cc1ccccc1Cl. The van der Waals surface area contributed by atoms with Crippen molar-refractivity contribution in [3.63, 3.8) is 0 Å². The largest absolute Gasteiger partial charge is 0.388 e. The summed E-state index contributed by atoms with van der Waals surface area (Å²) in [6.07, 6.45) is 3.73. The molecule has 0 saturated heterocycles. The van der Waals surface area contributed by atoms with Crippen molar-refractivity contribution in [1.29, 1.82) is 0 Å². The van der Waals surface area contributed by atoms with Crippen LogP contribution in [0.1, 0.15) is 32.8 Å². The van der Waals surface area contributed by atoms with Crippen LogP contribution in [0.4, 0.5) is 0 Å². The van der Waals surface area contributed by atoms with Gasteiger partial charge in [0.2, 0.25) is 5.91 Å². The van der Waals surface area contributed by atoms with Crippen molar-refractivity contribution in [2.75, 3.05) is 6.54 Å². The second-order valence-electron chi connectivity index (χ2n) is 5.67. The van der Waals surface area contributed by atoms with Crippen LogP contribution in [0.2, 0.25) is 5.02 Å². The van der Waals surface area contributed by atoms with Gasteiger partial charge in [-0.3, -0.25) is 4.79 Å². The first-order valence-electron chi connectivity index (χ1n) is 6.73. The predicted molar refractivity (Wildman–Crippen MR) is 83.6 cm³/mol. The smallest absolute Gasteiger partial charge is 0.244 e. The van der Waals surface area contributed by atoms with Crippen LogP contribution in [0.3, 0.4) is 0 Å². The van der Waals surface area contributed by atoms with Gasteiger partial charge in [-0.1, -0.05) is 43.6 Å². The lowest BCUT2D eigenvalue weighted by Gasteiger charge is -2.25. The predicted octanol–water partition coefficient (Wildman–Crippen LogP) is 3.27. The van der Waals surface area contributed by atoms with E-state index in [4.69, 9.17) is 11.6 Å². The molecular weight excluding hydrogens is 274 g/mol. The second kappa shape index (κ2) is 7.46. The summed E-state index contributed by atoms with van der Waals surface area (Å²) >= 11 is 5.99. The summed E-state index contributed by atoms with van der Waals surface area (Å²) in [5, 5.41) is 13.4. The monoisotopic (exact) mass is 295 g/mol. The van der Waals surface area contributed by atoms with Crippen LogP contribution in [0.15, 0.2) is 30.3 Å². The molecule has 20 heavy (non-hydrogen) atoms. The maximum absolute atomic E-state index is 11.7. The molecule has 3 nitrogen and oxygen atoms in total. The Morgan fingerprint density at radius 1 is 1.45 bits per heavy atom.